The highest BCUT2D eigenvalue weighted by Gasteiger charge is 2.27. The third-order valence-corrected chi connectivity index (χ3v) is 5.92. The lowest BCUT2D eigenvalue weighted by Crippen LogP contribution is -2.01. The van der Waals surface area contributed by atoms with E-state index in [2.05, 4.69) is 13.8 Å². The fourth-order valence-electron chi connectivity index (χ4n) is 3.46. The molecular weight excluding hydrogens is 360 g/mol. The summed E-state index contributed by atoms with van der Waals surface area (Å²) >= 11 is 0. The Bertz CT molecular complexity index is 1010. The number of ether oxygens (including phenoxy) is 1. The molecule has 4 nitrogen and oxygen atoms in total. The summed E-state index contributed by atoms with van der Waals surface area (Å²) in [6.07, 6.45) is 2.18. The second kappa shape index (κ2) is 7.31. The summed E-state index contributed by atoms with van der Waals surface area (Å²) in [5.74, 6) is 0.227. The van der Waals surface area contributed by atoms with E-state index >= 15 is 0 Å². The van der Waals surface area contributed by atoms with Crippen LogP contribution >= 0.6 is 0 Å². The van der Waals surface area contributed by atoms with Gasteiger partial charge in [0.25, 0.3) is 0 Å². The van der Waals surface area contributed by atoms with Crippen LogP contribution < -0.4 is 0 Å². The Morgan fingerprint density at radius 2 is 1.67 bits per heavy atom. The van der Waals surface area contributed by atoms with Gasteiger partial charge in [0.1, 0.15) is 6.61 Å². The highest BCUT2D eigenvalue weighted by Crippen LogP contribution is 2.34. The summed E-state index contributed by atoms with van der Waals surface area (Å²) in [6.45, 7) is 6.30. The van der Waals surface area contributed by atoms with Crippen LogP contribution in [0.3, 0.4) is 0 Å². The fraction of sp³-hybridized carbons (Fsp3) is 0.318. The van der Waals surface area contributed by atoms with Crippen molar-refractivity contribution in [2.24, 2.45) is 5.92 Å². The van der Waals surface area contributed by atoms with Crippen LogP contribution in [-0.2, 0) is 25.8 Å². The molecule has 0 bridgehead atoms. The van der Waals surface area contributed by atoms with E-state index in [1.54, 1.807) is 25.1 Å². The molecule has 0 atom stereocenters. The molecular formula is C22H24O4S. The van der Waals surface area contributed by atoms with Crippen molar-refractivity contribution in [1.82, 2.24) is 0 Å². The molecule has 3 rings (SSSR count). The lowest BCUT2D eigenvalue weighted by atomic mass is 9.94. The van der Waals surface area contributed by atoms with Crippen molar-refractivity contribution >= 4 is 27.0 Å². The normalized spacial score (nSPS) is 14.8. The van der Waals surface area contributed by atoms with Crippen LogP contribution in [0.1, 0.15) is 36.1 Å². The van der Waals surface area contributed by atoms with E-state index in [9.17, 15) is 13.2 Å². The smallest absolute Gasteiger partial charge is 0.339 e. The second-order valence-electron chi connectivity index (χ2n) is 7.48. The lowest BCUT2D eigenvalue weighted by molar-refractivity contribution is -0.133. The second-order valence-corrected chi connectivity index (χ2v) is 9.46. The average Bonchev–Trinajstić information content (AvgIpc) is 2.95. The number of hydrogen-bond donors (Lipinski definition) is 0. The molecule has 0 N–H and O–H groups in total. The number of cyclic esters (lactones) is 1. The van der Waals surface area contributed by atoms with Crippen LogP contribution in [0.25, 0.3) is 11.1 Å². The first kappa shape index (κ1) is 19.4. The largest absolute Gasteiger partial charge is 0.457 e. The molecule has 2 aromatic carbocycles. The van der Waals surface area contributed by atoms with Crippen LogP contribution in [-0.4, -0.2) is 27.2 Å². The molecule has 142 valence electrons. The van der Waals surface area contributed by atoms with Crippen molar-refractivity contribution in [3.05, 3.63) is 64.7 Å². The van der Waals surface area contributed by atoms with E-state index < -0.39 is 9.84 Å². The molecule has 1 aliphatic rings. The maximum Gasteiger partial charge on any atom is 0.339 e. The van der Waals surface area contributed by atoms with Crippen molar-refractivity contribution in [3.63, 3.8) is 0 Å². The summed E-state index contributed by atoms with van der Waals surface area (Å²) < 4.78 is 29.0. The summed E-state index contributed by atoms with van der Waals surface area (Å²) in [7, 11) is -3.28. The highest BCUT2D eigenvalue weighted by molar-refractivity contribution is 7.90. The minimum absolute atomic E-state index is 0.194. The number of benzene rings is 2. The van der Waals surface area contributed by atoms with Gasteiger partial charge in [-0.3, -0.25) is 0 Å². The molecule has 0 unspecified atom stereocenters. The van der Waals surface area contributed by atoms with Crippen LogP contribution in [0.5, 0.6) is 0 Å². The molecule has 0 saturated heterocycles. The summed E-state index contributed by atoms with van der Waals surface area (Å²) in [4.78, 5) is 12.7. The van der Waals surface area contributed by atoms with Crippen LogP contribution in [0.2, 0.25) is 0 Å². The van der Waals surface area contributed by atoms with Gasteiger partial charge in [-0.2, -0.15) is 0 Å². The maximum absolute atomic E-state index is 12.4. The molecule has 0 radical (unpaired) electrons. The van der Waals surface area contributed by atoms with Crippen LogP contribution in [0.15, 0.2) is 47.4 Å². The SMILES string of the molecule is Cc1cc(C2=C(c3ccc(CC(C)C)cc3)C(=O)OC2)ccc1S(C)(=O)=O. The molecule has 0 saturated carbocycles. The Morgan fingerprint density at radius 1 is 1.04 bits per heavy atom. The number of carbonyl (C=O) groups is 1. The van der Waals surface area contributed by atoms with Gasteiger partial charge in [-0.25, -0.2) is 13.2 Å². The molecule has 2 aromatic rings. The zero-order valence-electron chi connectivity index (χ0n) is 16.1. The van der Waals surface area contributed by atoms with Crippen molar-refractivity contribution < 1.29 is 17.9 Å². The molecule has 1 heterocycles. The van der Waals surface area contributed by atoms with Crippen LogP contribution in [0, 0.1) is 12.8 Å². The number of esters is 1. The third kappa shape index (κ3) is 4.14. The molecule has 0 amide bonds. The molecule has 1 aliphatic heterocycles. The van der Waals surface area contributed by atoms with Gasteiger partial charge >= 0.3 is 5.97 Å². The van der Waals surface area contributed by atoms with Gasteiger partial charge in [-0.1, -0.05) is 50.2 Å². The molecule has 0 aliphatic carbocycles. The first-order valence-electron chi connectivity index (χ1n) is 8.97. The molecule has 0 aromatic heterocycles. The van der Waals surface area contributed by atoms with Crippen molar-refractivity contribution in [3.8, 4) is 0 Å². The standard InChI is InChI=1S/C22H24O4S/c1-14(2)11-16-5-7-17(8-6-16)21-19(13-26-22(21)23)18-9-10-20(15(3)12-18)27(4,24)25/h5-10,12,14H,11,13H2,1-4H3. The Balaban J connectivity index is 2.04. The van der Waals surface area contributed by atoms with E-state index in [1.165, 1.54) is 11.8 Å². The van der Waals surface area contributed by atoms with Crippen molar-refractivity contribution in [1.29, 1.82) is 0 Å². The number of rotatable bonds is 5. The van der Waals surface area contributed by atoms with Crippen molar-refractivity contribution in [2.75, 3.05) is 12.9 Å². The number of aryl methyl sites for hydroxylation is 1. The monoisotopic (exact) mass is 384 g/mol. The third-order valence-electron chi connectivity index (χ3n) is 4.66. The van der Waals surface area contributed by atoms with Gasteiger partial charge in [-0.15, -0.1) is 0 Å². The number of hydrogen-bond acceptors (Lipinski definition) is 4. The minimum atomic E-state index is -3.28. The van der Waals surface area contributed by atoms with E-state index in [1.807, 2.05) is 24.3 Å². The predicted molar refractivity (Wildman–Crippen MR) is 107 cm³/mol. The zero-order chi connectivity index (χ0) is 19.8. The van der Waals surface area contributed by atoms with Gasteiger partial charge in [0.05, 0.1) is 10.5 Å². The van der Waals surface area contributed by atoms with E-state index in [-0.39, 0.29) is 12.6 Å². The Kier molecular flexibility index (Phi) is 5.24. The van der Waals surface area contributed by atoms with Gasteiger partial charge in [0.15, 0.2) is 9.84 Å². The Morgan fingerprint density at radius 3 is 2.22 bits per heavy atom. The Labute approximate surface area is 160 Å². The molecule has 27 heavy (non-hydrogen) atoms. The number of sulfone groups is 1. The van der Waals surface area contributed by atoms with E-state index in [4.69, 9.17) is 4.74 Å². The molecule has 0 fully saturated rings. The van der Waals surface area contributed by atoms with Crippen molar-refractivity contribution in [2.45, 2.75) is 32.1 Å². The topological polar surface area (TPSA) is 60.4 Å². The quantitative estimate of drug-likeness (QED) is 0.729. The first-order chi connectivity index (χ1) is 12.7. The first-order valence-corrected chi connectivity index (χ1v) is 10.9. The van der Waals surface area contributed by atoms with E-state index in [0.717, 1.165) is 23.1 Å². The average molecular weight is 384 g/mol. The number of carbonyl (C=O) groups excluding carboxylic acids is 1. The predicted octanol–water partition coefficient (Wildman–Crippen LogP) is 4.06. The van der Waals surface area contributed by atoms with Gasteiger partial charge in [0.2, 0.25) is 0 Å². The highest BCUT2D eigenvalue weighted by atomic mass is 32.2. The maximum atomic E-state index is 12.4. The molecule has 0 spiro atoms. The summed E-state index contributed by atoms with van der Waals surface area (Å²) in [6, 6.07) is 13.1. The zero-order valence-corrected chi connectivity index (χ0v) is 16.9. The van der Waals surface area contributed by atoms with Gasteiger partial charge in [-0.05, 0) is 47.6 Å². The minimum Gasteiger partial charge on any atom is -0.457 e. The Hall–Kier alpha value is -2.40. The summed E-state index contributed by atoms with van der Waals surface area (Å²) in [5.41, 5.74) is 4.87. The molecule has 5 heteroatoms. The lowest BCUT2D eigenvalue weighted by Gasteiger charge is -2.10. The van der Waals surface area contributed by atoms with Gasteiger partial charge < -0.3 is 4.74 Å². The van der Waals surface area contributed by atoms with Crippen LogP contribution in [0.4, 0.5) is 0 Å². The fourth-order valence-corrected chi connectivity index (χ4v) is 4.42. The van der Waals surface area contributed by atoms with Gasteiger partial charge in [0, 0.05) is 11.8 Å². The summed E-state index contributed by atoms with van der Waals surface area (Å²) in [5, 5.41) is 0. The van der Waals surface area contributed by atoms with E-state index in [0.29, 0.717) is 21.9 Å².